The third-order valence-corrected chi connectivity index (χ3v) is 5.66. The zero-order valence-electron chi connectivity index (χ0n) is 13.2. The molecule has 1 aliphatic heterocycles. The van der Waals surface area contributed by atoms with E-state index in [1.807, 2.05) is 7.05 Å². The maximum Gasteiger partial charge on any atom is 0.238 e. The van der Waals surface area contributed by atoms with Crippen molar-refractivity contribution in [3.05, 3.63) is 0 Å². The highest BCUT2D eigenvalue weighted by molar-refractivity contribution is 5.85. The van der Waals surface area contributed by atoms with Crippen LogP contribution in [0.2, 0.25) is 0 Å². The van der Waals surface area contributed by atoms with Crippen LogP contribution in [0, 0.1) is 5.92 Å². The van der Waals surface area contributed by atoms with E-state index in [1.54, 1.807) is 0 Å². The number of carbonyl (C=O) groups excluding carboxylic acids is 1. The average molecular weight is 281 g/mol. The number of hydrogen-bond donors (Lipinski definition) is 2. The Morgan fingerprint density at radius 1 is 1.30 bits per heavy atom. The van der Waals surface area contributed by atoms with Crippen molar-refractivity contribution < 1.29 is 4.79 Å². The predicted molar refractivity (Wildman–Crippen MR) is 82.4 cm³/mol. The van der Waals surface area contributed by atoms with Crippen molar-refractivity contribution in [2.75, 3.05) is 20.1 Å². The van der Waals surface area contributed by atoms with Gasteiger partial charge in [-0.3, -0.25) is 4.79 Å². The van der Waals surface area contributed by atoms with Gasteiger partial charge in [0.2, 0.25) is 5.91 Å². The SMILES string of the molecule is CNC1(C(N)=O)CCCC1CCN1CCCCCC1C. The van der Waals surface area contributed by atoms with Crippen molar-refractivity contribution in [1.82, 2.24) is 10.2 Å². The Hall–Kier alpha value is -0.610. The first-order chi connectivity index (χ1) is 9.60. The molecule has 2 fully saturated rings. The number of nitrogens with zero attached hydrogens (tertiary/aromatic N) is 1. The number of nitrogens with one attached hydrogen (secondary N) is 1. The van der Waals surface area contributed by atoms with Gasteiger partial charge in [0.15, 0.2) is 0 Å². The summed E-state index contributed by atoms with van der Waals surface area (Å²) in [5, 5.41) is 3.25. The van der Waals surface area contributed by atoms with Crippen molar-refractivity contribution >= 4 is 5.91 Å². The molecule has 1 saturated carbocycles. The first-order valence-electron chi connectivity index (χ1n) is 8.33. The average Bonchev–Trinajstić information content (AvgIpc) is 2.75. The lowest BCUT2D eigenvalue weighted by atomic mass is 9.84. The van der Waals surface area contributed by atoms with Gasteiger partial charge in [-0.15, -0.1) is 0 Å². The molecule has 2 aliphatic rings. The molecule has 20 heavy (non-hydrogen) atoms. The maximum absolute atomic E-state index is 11.9. The summed E-state index contributed by atoms with van der Waals surface area (Å²) in [5.74, 6) is 0.242. The molecule has 1 aliphatic carbocycles. The molecule has 1 saturated heterocycles. The highest BCUT2D eigenvalue weighted by Gasteiger charge is 2.46. The largest absolute Gasteiger partial charge is 0.368 e. The fourth-order valence-corrected chi connectivity index (χ4v) is 4.23. The van der Waals surface area contributed by atoms with E-state index in [-0.39, 0.29) is 5.91 Å². The minimum absolute atomic E-state index is 0.161. The third kappa shape index (κ3) is 3.17. The van der Waals surface area contributed by atoms with Gasteiger partial charge in [0.05, 0.1) is 0 Å². The summed E-state index contributed by atoms with van der Waals surface area (Å²) < 4.78 is 0. The van der Waals surface area contributed by atoms with Crippen molar-refractivity contribution in [3.63, 3.8) is 0 Å². The van der Waals surface area contributed by atoms with Gasteiger partial charge >= 0.3 is 0 Å². The Kier molecular flexibility index (Phi) is 5.44. The van der Waals surface area contributed by atoms with Crippen LogP contribution in [-0.2, 0) is 4.79 Å². The summed E-state index contributed by atoms with van der Waals surface area (Å²) in [6, 6.07) is 0.691. The Balaban J connectivity index is 1.93. The van der Waals surface area contributed by atoms with Crippen LogP contribution in [0.15, 0.2) is 0 Å². The molecule has 0 spiro atoms. The number of hydrogen-bond acceptors (Lipinski definition) is 3. The fourth-order valence-electron chi connectivity index (χ4n) is 4.23. The summed E-state index contributed by atoms with van der Waals surface area (Å²) in [5.41, 5.74) is 5.23. The molecule has 4 heteroatoms. The molecule has 116 valence electrons. The molecule has 0 aromatic heterocycles. The van der Waals surface area contributed by atoms with Gasteiger partial charge in [0, 0.05) is 6.04 Å². The summed E-state index contributed by atoms with van der Waals surface area (Å²) in [4.78, 5) is 14.5. The number of rotatable bonds is 5. The number of likely N-dealkylation sites (tertiary alicyclic amines) is 1. The third-order valence-electron chi connectivity index (χ3n) is 5.66. The molecule has 1 heterocycles. The molecule has 0 bridgehead atoms. The molecular weight excluding hydrogens is 250 g/mol. The lowest BCUT2D eigenvalue weighted by Crippen LogP contribution is -2.57. The van der Waals surface area contributed by atoms with Crippen molar-refractivity contribution in [3.8, 4) is 0 Å². The highest BCUT2D eigenvalue weighted by Crippen LogP contribution is 2.38. The monoisotopic (exact) mass is 281 g/mol. The van der Waals surface area contributed by atoms with Crippen LogP contribution in [0.3, 0.4) is 0 Å². The van der Waals surface area contributed by atoms with E-state index in [0.29, 0.717) is 12.0 Å². The minimum atomic E-state index is -0.449. The van der Waals surface area contributed by atoms with E-state index in [4.69, 9.17) is 5.73 Å². The Bertz CT molecular complexity index is 334. The van der Waals surface area contributed by atoms with Crippen LogP contribution < -0.4 is 11.1 Å². The lowest BCUT2D eigenvalue weighted by Gasteiger charge is -2.34. The van der Waals surface area contributed by atoms with Crippen LogP contribution in [0.5, 0.6) is 0 Å². The van der Waals surface area contributed by atoms with Crippen molar-refractivity contribution in [1.29, 1.82) is 0 Å². The van der Waals surface area contributed by atoms with Crippen molar-refractivity contribution in [2.24, 2.45) is 11.7 Å². The van der Waals surface area contributed by atoms with E-state index in [9.17, 15) is 4.79 Å². The van der Waals surface area contributed by atoms with Gasteiger partial charge in [-0.2, -0.15) is 0 Å². The van der Waals surface area contributed by atoms with Crippen LogP contribution in [0.1, 0.15) is 58.3 Å². The molecule has 0 aromatic rings. The zero-order chi connectivity index (χ0) is 14.6. The Morgan fingerprint density at radius 3 is 2.80 bits per heavy atom. The maximum atomic E-state index is 11.9. The first-order valence-corrected chi connectivity index (χ1v) is 8.33. The topological polar surface area (TPSA) is 58.4 Å². The zero-order valence-corrected chi connectivity index (χ0v) is 13.2. The minimum Gasteiger partial charge on any atom is -0.368 e. The van der Waals surface area contributed by atoms with Gasteiger partial charge in [-0.05, 0) is 65.1 Å². The normalized spacial score (nSPS) is 35.9. The quantitative estimate of drug-likeness (QED) is 0.809. The van der Waals surface area contributed by atoms with E-state index in [1.165, 1.54) is 32.2 Å². The smallest absolute Gasteiger partial charge is 0.238 e. The summed E-state index contributed by atoms with van der Waals surface area (Å²) in [7, 11) is 1.89. The second-order valence-corrected chi connectivity index (χ2v) is 6.70. The molecule has 3 atom stereocenters. The van der Waals surface area contributed by atoms with Gasteiger partial charge < -0.3 is 16.0 Å². The predicted octanol–water partition coefficient (Wildman–Crippen LogP) is 1.88. The number of carbonyl (C=O) groups is 1. The Morgan fingerprint density at radius 2 is 2.10 bits per heavy atom. The lowest BCUT2D eigenvalue weighted by molar-refractivity contribution is -0.125. The standard InChI is InChI=1S/C16H31N3O/c1-13-7-4-3-5-11-19(13)12-9-14-8-6-10-16(14,18-2)15(17)20/h13-14,18H,3-12H2,1-2H3,(H2,17,20). The Labute approximate surface area is 123 Å². The molecule has 2 rings (SSSR count). The summed E-state index contributed by atoms with van der Waals surface area (Å²) >= 11 is 0. The number of nitrogens with two attached hydrogens (primary N) is 1. The van der Waals surface area contributed by atoms with Crippen LogP contribution in [0.25, 0.3) is 0 Å². The van der Waals surface area contributed by atoms with Crippen molar-refractivity contribution in [2.45, 2.75) is 69.9 Å². The van der Waals surface area contributed by atoms with Crippen LogP contribution in [-0.4, -0.2) is 42.5 Å². The van der Waals surface area contributed by atoms with Crippen LogP contribution in [0.4, 0.5) is 0 Å². The van der Waals surface area contributed by atoms with Gasteiger partial charge in [0.25, 0.3) is 0 Å². The van der Waals surface area contributed by atoms with E-state index >= 15 is 0 Å². The van der Waals surface area contributed by atoms with E-state index < -0.39 is 5.54 Å². The van der Waals surface area contributed by atoms with Crippen LogP contribution >= 0.6 is 0 Å². The second-order valence-electron chi connectivity index (χ2n) is 6.70. The summed E-state index contributed by atoms with van der Waals surface area (Å²) in [6.45, 7) is 4.68. The molecule has 3 N–H and O–H groups in total. The molecule has 3 unspecified atom stereocenters. The van der Waals surface area contributed by atoms with E-state index in [2.05, 4.69) is 17.1 Å². The van der Waals surface area contributed by atoms with Gasteiger partial charge in [0.1, 0.15) is 5.54 Å². The molecule has 0 radical (unpaired) electrons. The molecular formula is C16H31N3O. The van der Waals surface area contributed by atoms with Gasteiger partial charge in [-0.1, -0.05) is 19.3 Å². The van der Waals surface area contributed by atoms with Gasteiger partial charge in [-0.25, -0.2) is 0 Å². The van der Waals surface area contributed by atoms with E-state index in [0.717, 1.165) is 32.2 Å². The molecule has 4 nitrogen and oxygen atoms in total. The fraction of sp³-hybridized carbons (Fsp3) is 0.938. The number of primary amides is 1. The number of likely N-dealkylation sites (N-methyl/N-ethyl adjacent to an activating group) is 1. The summed E-state index contributed by atoms with van der Waals surface area (Å²) in [6.07, 6.45) is 9.61. The molecule has 1 amide bonds. The number of amides is 1. The first kappa shape index (κ1) is 15.8. The second kappa shape index (κ2) is 6.90. The highest BCUT2D eigenvalue weighted by atomic mass is 16.1. The molecule has 0 aromatic carbocycles.